The number of aliphatic hydroxyl groups excluding tert-OH is 4. The summed E-state index contributed by atoms with van der Waals surface area (Å²) >= 11 is 0. The first-order valence-electron chi connectivity index (χ1n) is 30.9. The van der Waals surface area contributed by atoms with Crippen LogP contribution >= 0.6 is 15.0 Å². The van der Waals surface area contributed by atoms with E-state index in [1.807, 2.05) is 6.07 Å². The van der Waals surface area contributed by atoms with E-state index in [0.29, 0.717) is 67.9 Å². The zero-order valence-corrected chi connectivity index (χ0v) is 58.3. The van der Waals surface area contributed by atoms with Crippen LogP contribution in [0.25, 0.3) is 0 Å². The summed E-state index contributed by atoms with van der Waals surface area (Å²) in [6.07, 6.45) is -14.0. The van der Waals surface area contributed by atoms with Gasteiger partial charge in [-0.05, 0) is 95.8 Å². The fraction of sp³-hybridized carbons (Fsp3) is 0.587. The van der Waals surface area contributed by atoms with Crippen LogP contribution in [0.15, 0.2) is 48.5 Å². The maximum Gasteiger partial charge on any atom is 1.00 e. The predicted molar refractivity (Wildman–Crippen MR) is 320 cm³/mol. The molecular weight excluding hydrogens is 1340 g/mol. The summed E-state index contributed by atoms with van der Waals surface area (Å²) in [6, 6.07) is 14.0. The molecule has 0 bridgehead atoms. The van der Waals surface area contributed by atoms with Crippen molar-refractivity contribution in [2.45, 2.75) is 112 Å². The van der Waals surface area contributed by atoms with Crippen molar-refractivity contribution in [3.05, 3.63) is 81.9 Å². The van der Waals surface area contributed by atoms with Gasteiger partial charge in [-0.15, -0.1) is 0 Å². The van der Waals surface area contributed by atoms with E-state index in [2.05, 4.69) is 0 Å². The molecule has 2 aliphatic carbocycles. The number of benzene rings is 4. The zero-order valence-electron chi connectivity index (χ0n) is 54.5. The summed E-state index contributed by atoms with van der Waals surface area (Å²) in [7, 11) is -1.14. The van der Waals surface area contributed by atoms with Gasteiger partial charge in [0.2, 0.25) is 25.1 Å². The number of ether oxygens (including phenoxy) is 20. The van der Waals surface area contributed by atoms with Crippen molar-refractivity contribution < 1.29 is 177 Å². The molecule has 4 aromatic rings. The predicted octanol–water partition coefficient (Wildman–Crippen LogP) is 0.697. The quantitative estimate of drug-likeness (QED) is 0.0461. The number of hydrogen-bond donors (Lipinski definition) is 4. The summed E-state index contributed by atoms with van der Waals surface area (Å²) < 4.78 is 150. The average molecular weight is 1410 g/mol. The molecule has 0 amide bonds. The van der Waals surface area contributed by atoms with Gasteiger partial charge in [0.25, 0.3) is 0 Å². The van der Waals surface area contributed by atoms with Gasteiger partial charge in [-0.25, -0.2) is 0 Å². The molecule has 8 aliphatic heterocycles. The molecule has 6 saturated heterocycles. The molecule has 21 atom stereocenters. The van der Waals surface area contributed by atoms with Crippen molar-refractivity contribution >= 4 is 26.9 Å². The standard InChI is InChI=1S/C32H39O15P.C31H37O16P.Na/c1-14-39-11-23-30(45-14)26(33)27(34)32(46-23)47-28-17-9-20-19(41-12-42-20)8-16(17)24(25-18(28)10-40-31(25)35)15-6-21(37-2)29(22(7-15)38-3)43-13-44-48(4,5)36;1-13-39-10-22-29(45-13)25(32)26(33)31(46-22)47-27-16-8-19-18(41-11-42-19)7-15(16)23(24-17(27)9-40-30(24)34)14-5-20(37-2)28(21(6-14)38-3)43-12-44-48(4,35)36;/h6-9,14,18,23-28,30,32-34H,10-13H2,1-5H3;5-8,13,17,22-27,29,31-33H,9-12H2,1-4H3,(H,35,36);/q;;+1/p-1/t14?,18-,23+,24?,25-,26?,27?,28?,30?,32?;13?,17-,22+,23?,24-,25?,26?,27?,29?,31?;/m00./s1. The number of carbonyl (C=O) groups is 2. The molecule has 524 valence electrons. The minimum Gasteiger partial charge on any atom is -0.779 e. The van der Waals surface area contributed by atoms with Crippen LogP contribution in [0.5, 0.6) is 57.5 Å². The summed E-state index contributed by atoms with van der Waals surface area (Å²) in [5.74, 6) is -1.60. The molecule has 4 aromatic carbocycles. The average Bonchev–Trinajstić information content (AvgIpc) is 1.70. The van der Waals surface area contributed by atoms with Gasteiger partial charge >= 0.3 is 41.5 Å². The second-order valence-electron chi connectivity index (χ2n) is 24.7. The summed E-state index contributed by atoms with van der Waals surface area (Å²) in [6.45, 7) is 6.65. The number of rotatable bonds is 18. The Bertz CT molecular complexity index is 3370. The van der Waals surface area contributed by atoms with Gasteiger partial charge in [0.15, 0.2) is 92.1 Å². The Morgan fingerprint density at radius 3 is 1.21 bits per heavy atom. The Morgan fingerprint density at radius 2 is 0.856 bits per heavy atom. The van der Waals surface area contributed by atoms with Gasteiger partial charge in [-0.3, -0.25) is 18.7 Å². The van der Waals surface area contributed by atoms with E-state index in [-0.39, 0.29) is 99.4 Å². The van der Waals surface area contributed by atoms with E-state index in [4.69, 9.17) is 104 Å². The summed E-state index contributed by atoms with van der Waals surface area (Å²) in [5.41, 5.74) is 3.86. The molecule has 6 fully saturated rings. The van der Waals surface area contributed by atoms with Gasteiger partial charge in [-0.2, -0.15) is 0 Å². The second-order valence-corrected chi connectivity index (χ2v) is 29.3. The van der Waals surface area contributed by atoms with Gasteiger partial charge in [0, 0.05) is 43.7 Å². The molecule has 31 nitrogen and oxygen atoms in total. The van der Waals surface area contributed by atoms with Gasteiger partial charge in [0.05, 0.1) is 78.9 Å². The molecule has 0 saturated carbocycles. The van der Waals surface area contributed by atoms with Crippen LogP contribution in [0, 0.1) is 23.7 Å². The van der Waals surface area contributed by atoms with E-state index in [1.165, 1.54) is 41.8 Å². The van der Waals surface area contributed by atoms with Crippen molar-refractivity contribution in [1.29, 1.82) is 0 Å². The molecule has 97 heavy (non-hydrogen) atoms. The van der Waals surface area contributed by atoms with Crippen LogP contribution in [0.2, 0.25) is 0 Å². The van der Waals surface area contributed by atoms with Crippen LogP contribution in [-0.4, -0.2) is 208 Å². The maximum atomic E-state index is 13.6. The third-order valence-electron chi connectivity index (χ3n) is 18.5. The molecule has 10 aliphatic rings. The first kappa shape index (κ1) is 71.5. The number of esters is 2. The number of cyclic esters (lactones) is 2. The molecule has 15 unspecified atom stereocenters. The second kappa shape index (κ2) is 29.0. The Kier molecular flexibility index (Phi) is 21.4. The third-order valence-corrected chi connectivity index (χ3v) is 19.8. The van der Waals surface area contributed by atoms with Crippen molar-refractivity contribution in [3.63, 3.8) is 0 Å². The number of fused-ring (bicyclic) bond motifs is 8. The van der Waals surface area contributed by atoms with Gasteiger partial charge < -0.3 is 129 Å². The fourth-order valence-corrected chi connectivity index (χ4v) is 14.7. The minimum atomic E-state index is -4.07. The topological polar surface area (TPSA) is 375 Å². The van der Waals surface area contributed by atoms with Crippen molar-refractivity contribution in [1.82, 2.24) is 0 Å². The molecule has 34 heteroatoms. The van der Waals surface area contributed by atoms with Crippen molar-refractivity contribution in [2.75, 3.05) is 102 Å². The summed E-state index contributed by atoms with van der Waals surface area (Å²) in [4.78, 5) is 38.7. The van der Waals surface area contributed by atoms with Crippen molar-refractivity contribution in [3.8, 4) is 57.5 Å². The molecule has 0 aromatic heterocycles. The number of carbonyl (C=O) groups excluding carboxylic acids is 2. The van der Waals surface area contributed by atoms with Gasteiger partial charge in [-0.1, -0.05) is 0 Å². The van der Waals surface area contributed by atoms with Crippen LogP contribution in [-0.2, 0) is 75.1 Å². The van der Waals surface area contributed by atoms with E-state index in [1.54, 1.807) is 56.3 Å². The van der Waals surface area contributed by atoms with E-state index >= 15 is 0 Å². The Hall–Kier alpha value is -5.32. The molecule has 0 radical (unpaired) electrons. The Morgan fingerprint density at radius 1 is 0.495 bits per heavy atom. The molecule has 8 heterocycles. The SMILES string of the molecule is COc1cc(C2c3cc4c(cc3C(OC3O[C@@H]5COC(C)OC5C(O)C3O)[C@H]3COC(=O)[C@H]23)OCO4)cc(OC)c1OCOP(C)(=O)[O-].COc1cc(C2c3cc4c(cc3C(OC3O[C@@H]5COC(C)OC5C(O)C3O)[C@H]3COC(=O)[C@H]23)OCO4)cc(OC)c1OCOP(C)(C)=O.[Na+]. The Labute approximate surface area is 578 Å². The maximum absolute atomic E-state index is 13.6. The first-order valence-corrected chi connectivity index (χ1v) is 35.4. The van der Waals surface area contributed by atoms with Crippen LogP contribution < -0.4 is 81.8 Å². The van der Waals surface area contributed by atoms with E-state index in [9.17, 15) is 44.0 Å². The van der Waals surface area contributed by atoms with Gasteiger partial charge in [0.1, 0.15) is 56.4 Å². The molecular formula is C63H75NaO31P2. The monoisotopic (exact) mass is 1410 g/mol. The van der Waals surface area contributed by atoms with Crippen LogP contribution in [0.3, 0.4) is 0 Å². The smallest absolute Gasteiger partial charge is 0.779 e. The molecule has 4 N–H and O–H groups in total. The minimum absolute atomic E-state index is 0. The largest absolute Gasteiger partial charge is 1.00 e. The number of aliphatic hydroxyl groups is 4. The van der Waals surface area contributed by atoms with E-state index in [0.717, 1.165) is 6.66 Å². The third kappa shape index (κ3) is 14.1. The first-order chi connectivity index (χ1) is 45.9. The van der Waals surface area contributed by atoms with Crippen molar-refractivity contribution in [2.24, 2.45) is 23.7 Å². The number of hydrogen-bond acceptors (Lipinski definition) is 31. The normalized spacial score (nSPS) is 33.8. The fourth-order valence-electron chi connectivity index (χ4n) is 14.1. The zero-order chi connectivity index (χ0) is 67.8. The van der Waals surface area contributed by atoms with Crippen LogP contribution in [0.4, 0.5) is 0 Å². The molecule has 14 rings (SSSR count). The van der Waals surface area contributed by atoms with Crippen LogP contribution in [0.1, 0.15) is 71.3 Å². The summed E-state index contributed by atoms with van der Waals surface area (Å²) in [5, 5.41) is 44.2. The van der Waals surface area contributed by atoms with E-state index < -0.39 is 155 Å². The molecule has 0 spiro atoms. The number of methoxy groups -OCH3 is 4. The Balaban J connectivity index is 0.000000183.